The topological polar surface area (TPSA) is 100 Å². The van der Waals surface area contributed by atoms with E-state index < -0.39 is 15.9 Å². The van der Waals surface area contributed by atoms with Crippen molar-refractivity contribution in [2.45, 2.75) is 128 Å². The summed E-state index contributed by atoms with van der Waals surface area (Å²) in [6, 6.07) is 0. The van der Waals surface area contributed by atoms with Crippen molar-refractivity contribution in [3.05, 3.63) is 36.0 Å². The first-order chi connectivity index (χ1) is 20.5. The number of nitrogens with one attached hydrogen (secondary N) is 1. The second-order valence-corrected chi connectivity index (χ2v) is 14.9. The molecule has 3 aliphatic rings. The van der Waals surface area contributed by atoms with Crippen molar-refractivity contribution in [3.63, 3.8) is 0 Å². The summed E-state index contributed by atoms with van der Waals surface area (Å²) in [5, 5.41) is -0.0439. The van der Waals surface area contributed by atoms with E-state index in [0.717, 1.165) is 77.3 Å². The molecule has 3 rings (SSSR count). The van der Waals surface area contributed by atoms with Crippen LogP contribution >= 0.6 is 11.6 Å². The van der Waals surface area contributed by atoms with Gasteiger partial charge < -0.3 is 18.9 Å². The van der Waals surface area contributed by atoms with E-state index in [1.54, 1.807) is 0 Å². The van der Waals surface area contributed by atoms with Gasteiger partial charge in [-0.3, -0.25) is 9.52 Å². The maximum atomic E-state index is 11.8. The normalized spacial score (nSPS) is 30.0. The number of carbonyl (C=O) groups excluding carboxylic acids is 1. The van der Waals surface area contributed by atoms with Crippen LogP contribution in [0.5, 0.6) is 0 Å². The van der Waals surface area contributed by atoms with Crippen LogP contribution in [0.3, 0.4) is 0 Å². The fourth-order valence-electron chi connectivity index (χ4n) is 5.97. The number of carbonyl (C=O) groups is 1. The van der Waals surface area contributed by atoms with E-state index in [4.69, 9.17) is 30.5 Å². The average Bonchev–Trinajstić information content (AvgIpc) is 3.24. The Labute approximate surface area is 265 Å². The first-order valence-electron chi connectivity index (χ1n) is 16.2. The lowest BCUT2D eigenvalue weighted by atomic mass is 9.89. The van der Waals surface area contributed by atoms with Gasteiger partial charge in [0.1, 0.15) is 0 Å². The van der Waals surface area contributed by atoms with Crippen molar-refractivity contribution in [1.29, 1.82) is 0 Å². The monoisotopic (exact) mass is 643 g/mol. The summed E-state index contributed by atoms with van der Waals surface area (Å²) >= 11 is 6.99. The number of ether oxygens (including phenoxy) is 4. The molecule has 0 radical (unpaired) electrons. The van der Waals surface area contributed by atoms with Gasteiger partial charge in [-0.15, -0.1) is 11.6 Å². The Kier molecular flexibility index (Phi) is 15.7. The van der Waals surface area contributed by atoms with Crippen LogP contribution in [0.4, 0.5) is 0 Å². The molecule has 1 aliphatic carbocycles. The van der Waals surface area contributed by atoms with Crippen molar-refractivity contribution in [2.75, 3.05) is 19.5 Å². The van der Waals surface area contributed by atoms with Crippen LogP contribution < -0.4 is 4.72 Å². The molecule has 1 amide bonds. The zero-order chi connectivity index (χ0) is 31.2. The third-order valence-electron chi connectivity index (χ3n) is 8.39. The summed E-state index contributed by atoms with van der Waals surface area (Å²) in [6.07, 6.45) is 21.5. The molecule has 43 heavy (non-hydrogen) atoms. The van der Waals surface area contributed by atoms with Crippen molar-refractivity contribution in [2.24, 2.45) is 17.8 Å². The van der Waals surface area contributed by atoms with Gasteiger partial charge in [0, 0.05) is 30.9 Å². The third kappa shape index (κ3) is 13.7. The van der Waals surface area contributed by atoms with Gasteiger partial charge in [0.15, 0.2) is 12.6 Å². The van der Waals surface area contributed by atoms with Crippen LogP contribution in [0.15, 0.2) is 36.0 Å². The fraction of sp³-hybridized carbons (Fsp3) is 0.788. The van der Waals surface area contributed by atoms with Gasteiger partial charge in [-0.25, -0.2) is 8.42 Å². The summed E-state index contributed by atoms with van der Waals surface area (Å²) in [5.41, 5.74) is 1.30. The van der Waals surface area contributed by atoms with E-state index >= 15 is 0 Å². The Morgan fingerprint density at radius 3 is 2.40 bits per heavy atom. The molecule has 0 aromatic rings. The van der Waals surface area contributed by atoms with Gasteiger partial charge in [-0.1, -0.05) is 42.9 Å². The van der Waals surface area contributed by atoms with E-state index in [-0.39, 0.29) is 54.3 Å². The molecule has 2 heterocycles. The zero-order valence-corrected chi connectivity index (χ0v) is 28.1. The van der Waals surface area contributed by atoms with Gasteiger partial charge in [0.2, 0.25) is 15.9 Å². The number of alkyl halides is 1. The van der Waals surface area contributed by atoms with Crippen LogP contribution in [-0.2, 0) is 33.8 Å². The quantitative estimate of drug-likeness (QED) is 0.112. The smallest absolute Gasteiger partial charge is 0.233 e. The highest BCUT2D eigenvalue weighted by atomic mass is 35.5. The molecule has 1 N–H and O–H groups in total. The van der Waals surface area contributed by atoms with Crippen molar-refractivity contribution in [1.82, 2.24) is 4.72 Å². The van der Waals surface area contributed by atoms with E-state index in [1.807, 2.05) is 4.72 Å². The Bertz CT molecular complexity index is 1030. The Morgan fingerprint density at radius 1 is 1.07 bits per heavy atom. The minimum atomic E-state index is -3.52. The van der Waals surface area contributed by atoms with Crippen molar-refractivity contribution < 1.29 is 32.2 Å². The first kappa shape index (κ1) is 36.2. The van der Waals surface area contributed by atoms with Crippen LogP contribution in [0.2, 0.25) is 0 Å². The number of rotatable bonds is 16. The average molecular weight is 644 g/mol. The molecule has 3 unspecified atom stereocenters. The predicted octanol–water partition coefficient (Wildman–Crippen LogP) is 6.79. The lowest BCUT2D eigenvalue weighted by molar-refractivity contribution is -0.193. The van der Waals surface area contributed by atoms with Crippen LogP contribution in [0, 0.1) is 17.8 Å². The molecule has 0 spiro atoms. The highest BCUT2D eigenvalue weighted by Gasteiger charge is 2.42. The van der Waals surface area contributed by atoms with Gasteiger partial charge in [0.05, 0.1) is 18.5 Å². The maximum Gasteiger partial charge on any atom is 0.233 e. The standard InChI is InChI=1S/C33H54ClNO7S/c1-24(2)17-18-25(3)29(41-32-15-9-11-21-39-32)20-19-27-26(13-7-5-6-8-14-31(36)35-43(4,37)38)28(34)23-30(27)42-33-16-10-12-22-40-33/h5,7,17,19-20,25-30,32-33H,6,8-16,18,21-23H2,1-4H3,(H,35,36)/t25?,26-,27-,28-,29-,30-,32?,33?/m1/s1. The lowest BCUT2D eigenvalue weighted by Crippen LogP contribution is -2.32. The summed E-state index contributed by atoms with van der Waals surface area (Å²) in [4.78, 5) is 11.8. The summed E-state index contributed by atoms with van der Waals surface area (Å²) in [6.45, 7) is 7.96. The molecule has 2 saturated heterocycles. The summed E-state index contributed by atoms with van der Waals surface area (Å²) in [5.74, 6) is 0.0872. The fourth-order valence-corrected chi connectivity index (χ4v) is 6.93. The minimum Gasteiger partial charge on any atom is -0.353 e. The second kappa shape index (κ2) is 18.7. The van der Waals surface area contributed by atoms with Gasteiger partial charge in [0.25, 0.3) is 0 Å². The molecule has 246 valence electrons. The highest BCUT2D eigenvalue weighted by molar-refractivity contribution is 7.89. The largest absolute Gasteiger partial charge is 0.353 e. The Balaban J connectivity index is 1.69. The number of hydrogen-bond acceptors (Lipinski definition) is 7. The molecular formula is C33H54ClNO7S. The molecule has 8 atom stereocenters. The molecule has 10 heteroatoms. The van der Waals surface area contributed by atoms with E-state index in [2.05, 4.69) is 51.2 Å². The molecule has 2 aliphatic heterocycles. The van der Waals surface area contributed by atoms with Gasteiger partial charge in [-0.2, -0.15) is 0 Å². The first-order valence-corrected chi connectivity index (χ1v) is 18.5. The number of halogens is 1. The number of amides is 1. The molecular weight excluding hydrogens is 590 g/mol. The highest BCUT2D eigenvalue weighted by Crippen LogP contribution is 2.42. The Morgan fingerprint density at radius 2 is 1.77 bits per heavy atom. The zero-order valence-electron chi connectivity index (χ0n) is 26.5. The maximum absolute atomic E-state index is 11.8. The van der Waals surface area contributed by atoms with Crippen molar-refractivity contribution in [3.8, 4) is 0 Å². The molecule has 0 aromatic heterocycles. The van der Waals surface area contributed by atoms with Crippen molar-refractivity contribution >= 4 is 27.5 Å². The van der Waals surface area contributed by atoms with E-state index in [9.17, 15) is 13.2 Å². The van der Waals surface area contributed by atoms with Gasteiger partial charge in [-0.05, 0) is 96.3 Å². The molecule has 0 aromatic carbocycles. The number of unbranched alkanes of at least 4 members (excludes halogenated alkanes) is 1. The van der Waals surface area contributed by atoms with Crippen LogP contribution in [0.1, 0.15) is 97.8 Å². The Hall–Kier alpha value is -1.23. The summed E-state index contributed by atoms with van der Waals surface area (Å²) < 4.78 is 49.4. The molecule has 0 bridgehead atoms. The molecule has 8 nitrogen and oxygen atoms in total. The number of sulfonamides is 1. The second-order valence-electron chi connectivity index (χ2n) is 12.6. The molecule has 3 fully saturated rings. The van der Waals surface area contributed by atoms with Gasteiger partial charge >= 0.3 is 0 Å². The SMILES string of the molecule is CC(C)=CCC(C)[C@@H](C=C[C@@H]1[C@@H](CC=CCCCC(=O)NS(C)(=O)=O)[C@H](Cl)C[C@H]1OC1CCCCO1)OC1CCCCO1. The van der Waals surface area contributed by atoms with Crippen LogP contribution in [0.25, 0.3) is 0 Å². The number of allylic oxidation sites excluding steroid dienone is 4. The minimum absolute atomic E-state index is 0.0420. The van der Waals surface area contributed by atoms with Crippen LogP contribution in [-0.4, -0.2) is 64.0 Å². The van der Waals surface area contributed by atoms with E-state index in [0.29, 0.717) is 12.8 Å². The predicted molar refractivity (Wildman–Crippen MR) is 171 cm³/mol. The summed E-state index contributed by atoms with van der Waals surface area (Å²) in [7, 11) is -3.52. The third-order valence-corrected chi connectivity index (χ3v) is 9.49. The number of hydrogen-bond donors (Lipinski definition) is 1. The molecule has 1 saturated carbocycles. The lowest BCUT2D eigenvalue weighted by Gasteiger charge is -2.31. The van der Waals surface area contributed by atoms with E-state index in [1.165, 1.54) is 5.57 Å².